The van der Waals surface area contributed by atoms with Crippen LogP contribution in [0.3, 0.4) is 0 Å². The van der Waals surface area contributed by atoms with Gasteiger partial charge in [0.15, 0.2) is 0 Å². The fourth-order valence-corrected chi connectivity index (χ4v) is 4.97. The van der Waals surface area contributed by atoms with Crippen LogP contribution < -0.4 is 10.0 Å². The minimum absolute atomic E-state index is 0.112. The SMILES string of the molecule is Cc1cccc(NS(=O)(=O)c2cccc(/C=C/C(=O)Nc3ccccc3-c3nccs3)c2)c1. The second-order valence-corrected chi connectivity index (χ2v) is 9.83. The summed E-state index contributed by atoms with van der Waals surface area (Å²) >= 11 is 1.49. The molecular weight excluding hydrogens is 454 g/mol. The Kier molecular flexibility index (Phi) is 6.67. The fraction of sp³-hybridized carbons (Fsp3) is 0.0400. The van der Waals surface area contributed by atoms with Crippen molar-refractivity contribution in [1.29, 1.82) is 0 Å². The quantitative estimate of drug-likeness (QED) is 0.342. The summed E-state index contributed by atoms with van der Waals surface area (Å²) in [5.74, 6) is -0.329. The Morgan fingerprint density at radius 2 is 1.82 bits per heavy atom. The lowest BCUT2D eigenvalue weighted by Crippen LogP contribution is -2.13. The molecule has 0 unspecified atom stereocenters. The van der Waals surface area contributed by atoms with Gasteiger partial charge in [-0.3, -0.25) is 9.52 Å². The van der Waals surface area contributed by atoms with Crippen LogP contribution in [0.5, 0.6) is 0 Å². The van der Waals surface area contributed by atoms with Gasteiger partial charge < -0.3 is 5.32 Å². The van der Waals surface area contributed by atoms with Crippen LogP contribution >= 0.6 is 11.3 Å². The van der Waals surface area contributed by atoms with E-state index in [0.717, 1.165) is 16.1 Å². The van der Waals surface area contributed by atoms with E-state index in [-0.39, 0.29) is 10.8 Å². The number of aryl methyl sites for hydroxylation is 1. The number of benzene rings is 3. The molecule has 2 N–H and O–H groups in total. The molecule has 6 nitrogen and oxygen atoms in total. The standard InChI is InChI=1S/C25H21N3O3S2/c1-18-6-4-8-20(16-18)28-33(30,31)21-9-5-7-19(17-21)12-13-24(29)27-23-11-3-2-10-22(23)25-26-14-15-32-25/h2-17,28H,1H3,(H,27,29)/b13-12+. The zero-order chi connectivity index (χ0) is 23.3. The van der Waals surface area contributed by atoms with Crippen molar-refractivity contribution in [3.63, 3.8) is 0 Å². The molecular formula is C25H21N3O3S2. The van der Waals surface area contributed by atoms with E-state index >= 15 is 0 Å². The first-order valence-corrected chi connectivity index (χ1v) is 12.4. The van der Waals surface area contributed by atoms with E-state index in [9.17, 15) is 13.2 Å². The van der Waals surface area contributed by atoms with Crippen LogP contribution in [0.2, 0.25) is 0 Å². The van der Waals surface area contributed by atoms with E-state index in [0.29, 0.717) is 16.9 Å². The van der Waals surface area contributed by atoms with Crippen molar-refractivity contribution in [3.8, 4) is 10.6 Å². The highest BCUT2D eigenvalue weighted by Gasteiger charge is 2.14. The number of anilines is 2. The number of hydrogen-bond donors (Lipinski definition) is 2. The summed E-state index contributed by atoms with van der Waals surface area (Å²) in [6, 6.07) is 21.0. The molecule has 1 amide bonds. The minimum atomic E-state index is -3.76. The molecule has 4 aromatic rings. The van der Waals surface area contributed by atoms with Crippen LogP contribution in [-0.4, -0.2) is 19.3 Å². The number of amides is 1. The fourth-order valence-electron chi connectivity index (χ4n) is 3.19. The molecule has 0 fully saturated rings. The van der Waals surface area contributed by atoms with Crippen molar-refractivity contribution >= 4 is 44.7 Å². The van der Waals surface area contributed by atoms with Gasteiger partial charge in [-0.05, 0) is 60.5 Å². The predicted octanol–water partition coefficient (Wildman–Crippen LogP) is 5.57. The van der Waals surface area contributed by atoms with Crippen molar-refractivity contribution in [2.24, 2.45) is 0 Å². The molecule has 166 valence electrons. The van der Waals surface area contributed by atoms with Crippen LogP contribution in [0, 0.1) is 6.92 Å². The highest BCUT2D eigenvalue weighted by atomic mass is 32.2. The van der Waals surface area contributed by atoms with Crippen LogP contribution in [-0.2, 0) is 14.8 Å². The molecule has 0 radical (unpaired) electrons. The number of carbonyl (C=O) groups excluding carboxylic acids is 1. The Morgan fingerprint density at radius 1 is 1.00 bits per heavy atom. The molecule has 1 heterocycles. The van der Waals surface area contributed by atoms with E-state index in [1.54, 1.807) is 42.6 Å². The molecule has 0 aliphatic carbocycles. The maximum atomic E-state index is 12.8. The summed E-state index contributed by atoms with van der Waals surface area (Å²) in [4.78, 5) is 16.9. The molecule has 33 heavy (non-hydrogen) atoms. The van der Waals surface area contributed by atoms with Crippen molar-refractivity contribution in [3.05, 3.63) is 102 Å². The molecule has 0 atom stereocenters. The Hall–Kier alpha value is -3.75. The molecule has 0 aliphatic heterocycles. The summed E-state index contributed by atoms with van der Waals surface area (Å²) < 4.78 is 28.1. The molecule has 0 saturated heterocycles. The number of nitrogens with zero attached hydrogens (tertiary/aromatic N) is 1. The van der Waals surface area contributed by atoms with Gasteiger partial charge >= 0.3 is 0 Å². The average molecular weight is 476 g/mol. The van der Waals surface area contributed by atoms with Gasteiger partial charge in [0.05, 0.1) is 10.6 Å². The van der Waals surface area contributed by atoms with E-state index in [2.05, 4.69) is 15.0 Å². The highest BCUT2D eigenvalue weighted by Crippen LogP contribution is 2.29. The van der Waals surface area contributed by atoms with Gasteiger partial charge in [-0.15, -0.1) is 11.3 Å². The maximum Gasteiger partial charge on any atom is 0.261 e. The zero-order valence-electron chi connectivity index (χ0n) is 17.7. The van der Waals surface area contributed by atoms with Crippen LogP contribution in [0.1, 0.15) is 11.1 Å². The van der Waals surface area contributed by atoms with E-state index in [1.807, 2.05) is 42.6 Å². The number of thiazole rings is 1. The second kappa shape index (κ2) is 9.81. The number of nitrogens with one attached hydrogen (secondary N) is 2. The molecule has 0 bridgehead atoms. The molecule has 1 aromatic heterocycles. The summed E-state index contributed by atoms with van der Waals surface area (Å²) in [6.07, 6.45) is 4.67. The summed E-state index contributed by atoms with van der Waals surface area (Å²) in [6.45, 7) is 1.89. The van der Waals surface area contributed by atoms with Gasteiger partial charge in [0.2, 0.25) is 5.91 Å². The molecule has 4 rings (SSSR count). The Bertz CT molecular complexity index is 1410. The molecule has 0 aliphatic rings. The Balaban J connectivity index is 1.49. The molecule has 8 heteroatoms. The Morgan fingerprint density at radius 3 is 2.61 bits per heavy atom. The largest absolute Gasteiger partial charge is 0.322 e. The number of rotatable bonds is 7. The van der Waals surface area contributed by atoms with Crippen LogP contribution in [0.15, 0.2) is 95.3 Å². The monoisotopic (exact) mass is 475 g/mol. The average Bonchev–Trinajstić information content (AvgIpc) is 3.33. The van der Waals surface area contributed by atoms with Gasteiger partial charge in [0.1, 0.15) is 5.01 Å². The lowest BCUT2D eigenvalue weighted by atomic mass is 10.2. The third kappa shape index (κ3) is 5.74. The number of aromatic nitrogens is 1. The van der Waals surface area contributed by atoms with Crippen molar-refractivity contribution in [2.45, 2.75) is 11.8 Å². The number of para-hydroxylation sites is 1. The summed E-state index contributed by atoms with van der Waals surface area (Å²) in [5, 5.41) is 5.55. The van der Waals surface area contributed by atoms with Crippen molar-refractivity contribution < 1.29 is 13.2 Å². The van der Waals surface area contributed by atoms with E-state index in [4.69, 9.17) is 0 Å². The minimum Gasteiger partial charge on any atom is -0.322 e. The zero-order valence-corrected chi connectivity index (χ0v) is 19.4. The maximum absolute atomic E-state index is 12.8. The highest BCUT2D eigenvalue weighted by molar-refractivity contribution is 7.92. The third-order valence-electron chi connectivity index (χ3n) is 4.71. The lowest BCUT2D eigenvalue weighted by Gasteiger charge is -2.09. The molecule has 3 aromatic carbocycles. The van der Waals surface area contributed by atoms with Crippen LogP contribution in [0.25, 0.3) is 16.6 Å². The summed E-state index contributed by atoms with van der Waals surface area (Å²) in [7, 11) is -3.76. The van der Waals surface area contributed by atoms with E-state index in [1.165, 1.54) is 29.5 Å². The first kappa shape index (κ1) is 22.4. The normalized spacial score (nSPS) is 11.4. The third-order valence-corrected chi connectivity index (χ3v) is 6.90. The number of hydrogen-bond acceptors (Lipinski definition) is 5. The van der Waals surface area contributed by atoms with Crippen molar-refractivity contribution in [1.82, 2.24) is 4.98 Å². The van der Waals surface area contributed by atoms with Crippen molar-refractivity contribution in [2.75, 3.05) is 10.0 Å². The smallest absolute Gasteiger partial charge is 0.261 e. The topological polar surface area (TPSA) is 88.2 Å². The van der Waals surface area contributed by atoms with Crippen LogP contribution in [0.4, 0.5) is 11.4 Å². The van der Waals surface area contributed by atoms with E-state index < -0.39 is 10.0 Å². The Labute approximate surface area is 196 Å². The lowest BCUT2D eigenvalue weighted by molar-refractivity contribution is -0.111. The van der Waals surface area contributed by atoms with Gasteiger partial charge in [-0.25, -0.2) is 13.4 Å². The molecule has 0 spiro atoms. The van der Waals surface area contributed by atoms with Gasteiger partial charge in [0.25, 0.3) is 10.0 Å². The summed E-state index contributed by atoms with van der Waals surface area (Å²) in [5.41, 5.74) is 3.53. The second-order valence-electron chi connectivity index (χ2n) is 7.25. The first-order valence-electron chi connectivity index (χ1n) is 10.1. The number of carbonyl (C=O) groups is 1. The van der Waals surface area contributed by atoms with Gasteiger partial charge in [-0.2, -0.15) is 0 Å². The molecule has 0 saturated carbocycles. The van der Waals surface area contributed by atoms with Gasteiger partial charge in [0, 0.05) is 28.9 Å². The number of sulfonamides is 1. The first-order chi connectivity index (χ1) is 15.9. The predicted molar refractivity (Wildman–Crippen MR) is 134 cm³/mol. The van der Waals surface area contributed by atoms with Gasteiger partial charge in [-0.1, -0.05) is 36.4 Å².